The summed E-state index contributed by atoms with van der Waals surface area (Å²) in [5.74, 6) is 0.221. The monoisotopic (exact) mass is 420 g/mol. The molecule has 4 nitrogen and oxygen atoms in total. The molecule has 5 heteroatoms. The number of aryl methyl sites for hydroxylation is 1. The van der Waals surface area contributed by atoms with Gasteiger partial charge < -0.3 is 10.0 Å². The number of carbonyl (C=O) groups is 1. The van der Waals surface area contributed by atoms with Gasteiger partial charge in [0.1, 0.15) is 5.82 Å². The van der Waals surface area contributed by atoms with Crippen molar-refractivity contribution in [2.45, 2.75) is 50.6 Å². The summed E-state index contributed by atoms with van der Waals surface area (Å²) < 4.78 is 13.9. The fourth-order valence-electron chi connectivity index (χ4n) is 6.60. The second-order valence-electron chi connectivity index (χ2n) is 10.1. The van der Waals surface area contributed by atoms with Gasteiger partial charge in [-0.3, -0.25) is 4.90 Å². The lowest BCUT2D eigenvalue weighted by Crippen LogP contribution is -2.60. The molecule has 2 atom stereocenters. The van der Waals surface area contributed by atoms with E-state index in [-0.39, 0.29) is 23.3 Å². The summed E-state index contributed by atoms with van der Waals surface area (Å²) in [6, 6.07) is 13.0. The molecule has 2 aromatic rings. The zero-order chi connectivity index (χ0) is 21.2. The minimum Gasteiger partial charge on any atom is -0.465 e. The molecule has 2 bridgehead atoms. The number of nitrogens with zero attached hydrogens (tertiary/aromatic N) is 2. The Kier molecular flexibility index (Phi) is 4.39. The highest BCUT2D eigenvalue weighted by atomic mass is 19.1. The Morgan fingerprint density at radius 1 is 1.06 bits per heavy atom. The Hall–Kier alpha value is -2.40. The van der Waals surface area contributed by atoms with Gasteiger partial charge in [0.2, 0.25) is 0 Å². The molecule has 0 radical (unpaired) electrons. The van der Waals surface area contributed by atoms with Gasteiger partial charge in [-0.25, -0.2) is 9.18 Å². The average molecular weight is 421 g/mol. The lowest BCUT2D eigenvalue weighted by molar-refractivity contribution is -0.0243. The molecule has 0 aromatic heterocycles. The molecule has 3 aliphatic heterocycles. The summed E-state index contributed by atoms with van der Waals surface area (Å²) in [6.45, 7) is 3.07. The third-order valence-electron chi connectivity index (χ3n) is 8.44. The Labute approximate surface area is 182 Å². The van der Waals surface area contributed by atoms with Crippen molar-refractivity contribution in [3.63, 3.8) is 0 Å². The molecule has 7 rings (SSSR count). The van der Waals surface area contributed by atoms with Crippen LogP contribution in [0.25, 0.3) is 11.1 Å². The van der Waals surface area contributed by atoms with E-state index >= 15 is 0 Å². The highest BCUT2D eigenvalue weighted by Crippen LogP contribution is 2.64. The molecule has 3 saturated heterocycles. The molecular weight excluding hydrogens is 391 g/mol. The zero-order valence-electron chi connectivity index (χ0n) is 17.8. The van der Waals surface area contributed by atoms with Crippen LogP contribution in [0.4, 0.5) is 9.18 Å². The lowest BCUT2D eigenvalue weighted by Gasteiger charge is -2.52. The predicted octanol–water partition coefficient (Wildman–Crippen LogP) is 5.33. The fraction of sp³-hybridized carbons (Fsp3) is 0.500. The quantitative estimate of drug-likeness (QED) is 0.729. The summed E-state index contributed by atoms with van der Waals surface area (Å²) in [4.78, 5) is 17.1. The molecular formula is C26H29FN2O2. The number of benzene rings is 2. The molecule has 1 spiro atoms. The molecule has 162 valence electrons. The summed E-state index contributed by atoms with van der Waals surface area (Å²) in [7, 11) is 0. The van der Waals surface area contributed by atoms with Gasteiger partial charge in [0.05, 0.1) is 12.1 Å². The number of piperidine rings is 3. The van der Waals surface area contributed by atoms with Gasteiger partial charge in [0.15, 0.2) is 0 Å². The van der Waals surface area contributed by atoms with Crippen LogP contribution in [0.5, 0.6) is 0 Å². The summed E-state index contributed by atoms with van der Waals surface area (Å²) in [6.07, 6.45) is 5.70. The van der Waals surface area contributed by atoms with Crippen LogP contribution >= 0.6 is 0 Å². The highest BCUT2D eigenvalue weighted by Gasteiger charge is 2.57. The van der Waals surface area contributed by atoms with E-state index in [1.807, 2.05) is 11.0 Å². The van der Waals surface area contributed by atoms with Crippen molar-refractivity contribution in [1.29, 1.82) is 0 Å². The van der Waals surface area contributed by atoms with Crippen LogP contribution in [0.2, 0.25) is 0 Å². The van der Waals surface area contributed by atoms with E-state index in [0.29, 0.717) is 5.92 Å². The Bertz CT molecular complexity index is 1030. The van der Waals surface area contributed by atoms with Gasteiger partial charge in [-0.15, -0.1) is 0 Å². The topological polar surface area (TPSA) is 43.8 Å². The first-order chi connectivity index (χ1) is 15.0. The van der Waals surface area contributed by atoms with Crippen LogP contribution in [-0.4, -0.2) is 46.7 Å². The first-order valence-corrected chi connectivity index (χ1v) is 11.7. The van der Waals surface area contributed by atoms with Gasteiger partial charge in [-0.1, -0.05) is 24.3 Å². The third kappa shape index (κ3) is 3.16. The standard InChI is InChI=1S/C26H29FN2O2/c27-21-3-1-2-19(14-21)20-5-4-17-6-9-26(10-11-26)24(22(17)15-20)29(25(30)31)23-16-28-12-7-18(23)8-13-28/h1-5,14-15,18,23-24H,6-13,16H2,(H,30,31)/t23-,24?/m1/s1. The van der Waals surface area contributed by atoms with Crippen LogP contribution in [0.3, 0.4) is 0 Å². The van der Waals surface area contributed by atoms with Crippen LogP contribution in [0, 0.1) is 17.2 Å². The first-order valence-electron chi connectivity index (χ1n) is 11.7. The molecule has 1 N–H and O–H groups in total. The molecule has 5 aliphatic rings. The smallest absolute Gasteiger partial charge is 0.408 e. The van der Waals surface area contributed by atoms with Gasteiger partial charge in [0.25, 0.3) is 0 Å². The zero-order valence-corrected chi connectivity index (χ0v) is 17.8. The van der Waals surface area contributed by atoms with E-state index in [1.165, 1.54) is 11.6 Å². The number of hydrogen-bond acceptors (Lipinski definition) is 2. The Morgan fingerprint density at radius 2 is 1.84 bits per heavy atom. The molecule has 1 unspecified atom stereocenters. The van der Waals surface area contributed by atoms with Gasteiger partial charge >= 0.3 is 6.09 Å². The Morgan fingerprint density at radius 3 is 2.48 bits per heavy atom. The van der Waals surface area contributed by atoms with Crippen molar-refractivity contribution in [1.82, 2.24) is 9.80 Å². The van der Waals surface area contributed by atoms with Crippen molar-refractivity contribution in [3.05, 3.63) is 59.4 Å². The minimum absolute atomic E-state index is 0.0752. The summed E-state index contributed by atoms with van der Waals surface area (Å²) in [5.41, 5.74) is 4.32. The number of rotatable bonds is 3. The number of carboxylic acid groups (broad SMARTS) is 1. The van der Waals surface area contributed by atoms with Crippen molar-refractivity contribution >= 4 is 6.09 Å². The van der Waals surface area contributed by atoms with Gasteiger partial charge in [-0.05, 0) is 103 Å². The molecule has 2 aliphatic carbocycles. The lowest BCUT2D eigenvalue weighted by atomic mass is 9.73. The molecule has 1 saturated carbocycles. The second kappa shape index (κ2) is 7.06. The van der Waals surface area contributed by atoms with Crippen molar-refractivity contribution in [3.8, 4) is 11.1 Å². The van der Waals surface area contributed by atoms with E-state index in [9.17, 15) is 14.3 Å². The van der Waals surface area contributed by atoms with Crippen molar-refractivity contribution in [2.75, 3.05) is 19.6 Å². The van der Waals surface area contributed by atoms with Crippen LogP contribution in [0.1, 0.15) is 49.3 Å². The van der Waals surface area contributed by atoms with E-state index in [1.54, 1.807) is 12.1 Å². The Balaban J connectivity index is 1.45. The SMILES string of the molecule is O=C(O)N(C1c2cc(-c3cccc(F)c3)ccc2CCC12CC2)[C@@H]1CN2CCC1CC2. The number of halogens is 1. The second-order valence-corrected chi connectivity index (χ2v) is 10.1. The molecule has 4 fully saturated rings. The van der Waals surface area contributed by atoms with Gasteiger partial charge in [0, 0.05) is 6.54 Å². The van der Waals surface area contributed by atoms with Gasteiger partial charge in [-0.2, -0.15) is 0 Å². The minimum atomic E-state index is -0.779. The number of fused-ring (bicyclic) bond motifs is 4. The largest absolute Gasteiger partial charge is 0.465 e. The van der Waals surface area contributed by atoms with E-state index in [0.717, 1.165) is 74.8 Å². The number of hydrogen-bond donors (Lipinski definition) is 1. The molecule has 3 heterocycles. The van der Waals surface area contributed by atoms with Crippen molar-refractivity contribution < 1.29 is 14.3 Å². The summed E-state index contributed by atoms with van der Waals surface area (Å²) >= 11 is 0. The summed E-state index contributed by atoms with van der Waals surface area (Å²) in [5, 5.41) is 10.5. The molecule has 31 heavy (non-hydrogen) atoms. The average Bonchev–Trinajstić information content (AvgIpc) is 3.56. The number of amides is 1. The maximum Gasteiger partial charge on any atom is 0.408 e. The van der Waals surface area contributed by atoms with Crippen molar-refractivity contribution in [2.24, 2.45) is 11.3 Å². The predicted molar refractivity (Wildman–Crippen MR) is 117 cm³/mol. The highest BCUT2D eigenvalue weighted by molar-refractivity contribution is 5.69. The van der Waals surface area contributed by atoms with E-state index in [4.69, 9.17) is 0 Å². The normalized spacial score (nSPS) is 30.1. The third-order valence-corrected chi connectivity index (χ3v) is 8.44. The van der Waals surface area contributed by atoms with E-state index in [2.05, 4.69) is 23.1 Å². The first kappa shape index (κ1) is 19.3. The fourth-order valence-corrected chi connectivity index (χ4v) is 6.60. The van der Waals surface area contributed by atoms with Crippen LogP contribution < -0.4 is 0 Å². The maximum absolute atomic E-state index is 13.9. The van der Waals surface area contributed by atoms with Crippen LogP contribution in [0.15, 0.2) is 42.5 Å². The van der Waals surface area contributed by atoms with Crippen LogP contribution in [-0.2, 0) is 6.42 Å². The maximum atomic E-state index is 13.9. The van der Waals surface area contributed by atoms with E-state index < -0.39 is 6.09 Å². The molecule has 1 amide bonds. The molecule has 2 aromatic carbocycles.